The second kappa shape index (κ2) is 12.0. The number of aliphatic imine (C=N–C) groups is 1. The Kier molecular flexibility index (Phi) is 10.9. The Morgan fingerprint density at radius 3 is 1.65 bits per heavy atom. The van der Waals surface area contributed by atoms with Gasteiger partial charge in [0.25, 0.3) is 0 Å². The first-order chi connectivity index (χ1) is 12.2. The topological polar surface area (TPSA) is 21.6 Å². The van der Waals surface area contributed by atoms with Crippen molar-refractivity contribution in [1.82, 2.24) is 0 Å². The fourth-order valence-electron chi connectivity index (χ4n) is 3.96. The minimum atomic E-state index is -0.00447. The zero-order chi connectivity index (χ0) is 19.6. The number of hydrogen-bond acceptors (Lipinski definition) is 2. The van der Waals surface area contributed by atoms with E-state index in [9.17, 15) is 0 Å². The van der Waals surface area contributed by atoms with Gasteiger partial charge in [-0.25, -0.2) is 4.99 Å². The first-order valence-corrected chi connectivity index (χ1v) is 11.4. The van der Waals surface area contributed by atoms with Gasteiger partial charge in [0, 0.05) is 6.42 Å². The lowest BCUT2D eigenvalue weighted by Crippen LogP contribution is -2.17. The summed E-state index contributed by atoms with van der Waals surface area (Å²) in [7, 11) is 0. The molecule has 2 nitrogen and oxygen atoms in total. The van der Waals surface area contributed by atoms with Gasteiger partial charge in [-0.15, -0.1) is 0 Å². The van der Waals surface area contributed by atoms with Crippen molar-refractivity contribution in [2.75, 3.05) is 6.61 Å². The van der Waals surface area contributed by atoms with Crippen molar-refractivity contribution < 1.29 is 4.74 Å². The van der Waals surface area contributed by atoms with Gasteiger partial charge in [-0.05, 0) is 37.5 Å². The SMILES string of the molecule is CC(C)CCCC(C)CCCC(C)CCCC(C)CC1=NC(C)(C)CO1. The van der Waals surface area contributed by atoms with E-state index in [1.54, 1.807) is 0 Å². The van der Waals surface area contributed by atoms with E-state index in [2.05, 4.69) is 53.5 Å². The summed E-state index contributed by atoms with van der Waals surface area (Å²) in [6.07, 6.45) is 13.5. The summed E-state index contributed by atoms with van der Waals surface area (Å²) >= 11 is 0. The van der Waals surface area contributed by atoms with Crippen LogP contribution in [0.5, 0.6) is 0 Å². The summed E-state index contributed by atoms with van der Waals surface area (Å²) in [5.74, 6) is 4.34. The molecule has 154 valence electrons. The zero-order valence-corrected chi connectivity index (χ0v) is 18.9. The van der Waals surface area contributed by atoms with Crippen LogP contribution >= 0.6 is 0 Å². The highest BCUT2D eigenvalue weighted by Gasteiger charge is 2.26. The van der Waals surface area contributed by atoms with Gasteiger partial charge in [0.15, 0.2) is 5.90 Å². The van der Waals surface area contributed by atoms with Crippen LogP contribution in [0, 0.1) is 23.7 Å². The van der Waals surface area contributed by atoms with Gasteiger partial charge >= 0.3 is 0 Å². The molecule has 0 aromatic rings. The largest absolute Gasteiger partial charge is 0.478 e. The Balaban J connectivity index is 2.03. The molecule has 1 heterocycles. The maximum atomic E-state index is 5.73. The smallest absolute Gasteiger partial charge is 0.184 e. The molecule has 3 unspecified atom stereocenters. The third-order valence-corrected chi connectivity index (χ3v) is 5.81. The molecule has 0 bridgehead atoms. The van der Waals surface area contributed by atoms with Gasteiger partial charge in [0.1, 0.15) is 6.61 Å². The molecule has 0 amide bonds. The molecule has 1 rings (SSSR count). The minimum Gasteiger partial charge on any atom is -0.478 e. The second-order valence-corrected chi connectivity index (χ2v) is 10.3. The van der Waals surface area contributed by atoms with E-state index in [4.69, 9.17) is 4.74 Å². The molecule has 0 N–H and O–H groups in total. The quantitative estimate of drug-likeness (QED) is 0.309. The van der Waals surface area contributed by atoms with Gasteiger partial charge in [0.05, 0.1) is 5.54 Å². The molecule has 0 aromatic heterocycles. The van der Waals surface area contributed by atoms with Gasteiger partial charge in [-0.3, -0.25) is 0 Å². The Hall–Kier alpha value is -0.530. The lowest BCUT2D eigenvalue weighted by molar-refractivity contribution is 0.269. The molecular weight excluding hydrogens is 318 g/mol. The standard InChI is InChI=1S/C24H47NO/c1-19(2)11-8-12-20(3)13-9-14-21(4)15-10-16-22(5)17-23-25-24(6,7)18-26-23/h19-22H,8-18H2,1-7H3. The van der Waals surface area contributed by atoms with Crippen LogP contribution in [0.1, 0.15) is 113 Å². The van der Waals surface area contributed by atoms with Crippen molar-refractivity contribution in [2.45, 2.75) is 118 Å². The Morgan fingerprint density at radius 2 is 1.23 bits per heavy atom. The van der Waals surface area contributed by atoms with E-state index in [-0.39, 0.29) is 5.54 Å². The average molecular weight is 366 g/mol. The van der Waals surface area contributed by atoms with Crippen LogP contribution < -0.4 is 0 Å². The van der Waals surface area contributed by atoms with Crippen molar-refractivity contribution in [3.63, 3.8) is 0 Å². The van der Waals surface area contributed by atoms with Crippen LogP contribution in [0.3, 0.4) is 0 Å². The van der Waals surface area contributed by atoms with Gasteiger partial charge < -0.3 is 4.74 Å². The van der Waals surface area contributed by atoms with Crippen LogP contribution in [0.15, 0.2) is 4.99 Å². The monoisotopic (exact) mass is 365 g/mol. The summed E-state index contributed by atoms with van der Waals surface area (Å²) in [6, 6.07) is 0. The normalized spacial score (nSPS) is 19.9. The molecule has 3 atom stereocenters. The van der Waals surface area contributed by atoms with E-state index >= 15 is 0 Å². The summed E-state index contributed by atoms with van der Waals surface area (Å²) in [5.41, 5.74) is -0.00447. The molecule has 0 radical (unpaired) electrons. The summed E-state index contributed by atoms with van der Waals surface area (Å²) in [4.78, 5) is 4.69. The summed E-state index contributed by atoms with van der Waals surface area (Å²) in [5, 5.41) is 0. The van der Waals surface area contributed by atoms with E-state index < -0.39 is 0 Å². The molecule has 0 aliphatic carbocycles. The predicted octanol–water partition coefficient (Wildman–Crippen LogP) is 7.66. The molecule has 2 heteroatoms. The van der Waals surface area contributed by atoms with Crippen LogP contribution in [-0.2, 0) is 4.74 Å². The highest BCUT2D eigenvalue weighted by molar-refractivity contribution is 5.78. The van der Waals surface area contributed by atoms with Crippen LogP contribution in [0.25, 0.3) is 0 Å². The third-order valence-electron chi connectivity index (χ3n) is 5.81. The highest BCUT2D eigenvalue weighted by atomic mass is 16.5. The van der Waals surface area contributed by atoms with E-state index in [1.165, 1.54) is 57.8 Å². The fraction of sp³-hybridized carbons (Fsp3) is 0.958. The van der Waals surface area contributed by atoms with Crippen molar-refractivity contribution in [2.24, 2.45) is 28.7 Å². The molecule has 0 fully saturated rings. The molecule has 1 aliphatic heterocycles. The Bertz CT molecular complexity index is 399. The van der Waals surface area contributed by atoms with Crippen molar-refractivity contribution in [3.8, 4) is 0 Å². The summed E-state index contributed by atoms with van der Waals surface area (Å²) < 4.78 is 5.73. The lowest BCUT2D eigenvalue weighted by atomic mass is 9.91. The van der Waals surface area contributed by atoms with Crippen LogP contribution in [-0.4, -0.2) is 18.0 Å². The molecule has 0 aromatic carbocycles. The number of ether oxygens (including phenoxy) is 1. The van der Waals surface area contributed by atoms with Crippen LogP contribution in [0.4, 0.5) is 0 Å². The molecule has 0 saturated heterocycles. The Labute approximate surface area is 164 Å². The maximum Gasteiger partial charge on any atom is 0.184 e. The van der Waals surface area contributed by atoms with Crippen LogP contribution in [0.2, 0.25) is 0 Å². The molecular formula is C24H47NO. The van der Waals surface area contributed by atoms with Crippen molar-refractivity contribution >= 4 is 5.90 Å². The minimum absolute atomic E-state index is 0.00447. The second-order valence-electron chi connectivity index (χ2n) is 10.3. The fourth-order valence-corrected chi connectivity index (χ4v) is 3.96. The predicted molar refractivity (Wildman–Crippen MR) is 116 cm³/mol. The molecule has 26 heavy (non-hydrogen) atoms. The van der Waals surface area contributed by atoms with Crippen molar-refractivity contribution in [3.05, 3.63) is 0 Å². The molecule has 1 aliphatic rings. The van der Waals surface area contributed by atoms with E-state index in [0.717, 1.165) is 36.7 Å². The number of hydrogen-bond donors (Lipinski definition) is 0. The lowest BCUT2D eigenvalue weighted by Gasteiger charge is -2.16. The number of rotatable bonds is 14. The van der Waals surface area contributed by atoms with E-state index in [0.29, 0.717) is 5.92 Å². The third kappa shape index (κ3) is 11.2. The summed E-state index contributed by atoms with van der Waals surface area (Å²) in [6.45, 7) is 17.0. The van der Waals surface area contributed by atoms with Gasteiger partial charge in [0.2, 0.25) is 0 Å². The van der Waals surface area contributed by atoms with Gasteiger partial charge in [-0.2, -0.15) is 0 Å². The van der Waals surface area contributed by atoms with E-state index in [1.807, 2.05) is 0 Å². The average Bonchev–Trinajstić information content (AvgIpc) is 2.85. The maximum absolute atomic E-state index is 5.73. The first-order valence-electron chi connectivity index (χ1n) is 11.4. The molecule has 0 spiro atoms. The Morgan fingerprint density at radius 1 is 0.769 bits per heavy atom. The molecule has 0 saturated carbocycles. The first kappa shape index (κ1) is 23.5. The number of nitrogens with zero attached hydrogens (tertiary/aromatic N) is 1. The zero-order valence-electron chi connectivity index (χ0n) is 18.9. The van der Waals surface area contributed by atoms with Gasteiger partial charge in [-0.1, -0.05) is 92.4 Å². The van der Waals surface area contributed by atoms with Crippen molar-refractivity contribution in [1.29, 1.82) is 0 Å². The highest BCUT2D eigenvalue weighted by Crippen LogP contribution is 2.25.